The molecule has 0 bridgehead atoms. The summed E-state index contributed by atoms with van der Waals surface area (Å²) in [7, 11) is -4.18. The number of rotatable bonds is 6. The number of ether oxygens (including phenoxy) is 1. The van der Waals surface area contributed by atoms with E-state index in [9.17, 15) is 9.79 Å². The first-order valence-corrected chi connectivity index (χ1v) is 11.9. The van der Waals surface area contributed by atoms with E-state index in [0.29, 0.717) is 53.2 Å². The molecule has 0 spiro atoms. The van der Waals surface area contributed by atoms with Crippen LogP contribution in [0.3, 0.4) is 0 Å². The summed E-state index contributed by atoms with van der Waals surface area (Å²) in [5.41, 5.74) is 1.88. The number of fused-ring (bicyclic) bond motifs is 1. The molecular weight excluding hydrogens is 405 g/mol. The first kappa shape index (κ1) is 21.1. The Morgan fingerprint density at radius 1 is 1.33 bits per heavy atom. The molecule has 1 fully saturated rings. The summed E-state index contributed by atoms with van der Waals surface area (Å²) >= 11 is 0. The quantitative estimate of drug-likeness (QED) is 0.506. The number of aromatic nitrogens is 4. The fraction of sp³-hybridized carbons (Fsp3) is 0.450. The van der Waals surface area contributed by atoms with E-state index in [0.717, 1.165) is 0 Å². The van der Waals surface area contributed by atoms with Crippen LogP contribution in [0.4, 0.5) is 5.82 Å². The molecule has 30 heavy (non-hydrogen) atoms. The van der Waals surface area contributed by atoms with Crippen molar-refractivity contribution >= 4 is 30.0 Å². The van der Waals surface area contributed by atoms with Gasteiger partial charge in [-0.2, -0.15) is 0 Å². The molecule has 3 N–H and O–H groups in total. The van der Waals surface area contributed by atoms with Crippen LogP contribution in [0.15, 0.2) is 30.6 Å². The van der Waals surface area contributed by atoms with E-state index in [2.05, 4.69) is 27.0 Å². The summed E-state index contributed by atoms with van der Waals surface area (Å²) < 4.78 is 11.2. The Morgan fingerprint density at radius 2 is 2.17 bits per heavy atom. The van der Waals surface area contributed by atoms with E-state index in [1.807, 2.05) is 19.9 Å². The number of H-pyrrole nitrogens is 1. The van der Waals surface area contributed by atoms with E-state index in [1.54, 1.807) is 24.5 Å². The number of hydrogen-bond donors (Lipinski definition) is 3. The van der Waals surface area contributed by atoms with Crippen LogP contribution >= 0.6 is 7.94 Å². The number of anilines is 1. The van der Waals surface area contributed by atoms with Crippen LogP contribution in [0.1, 0.15) is 20.8 Å². The molecule has 3 aromatic heterocycles. The number of nitrogens with zero attached hydrogens (tertiary/aromatic N) is 4. The van der Waals surface area contributed by atoms with E-state index in [1.165, 1.54) is 0 Å². The molecule has 1 saturated heterocycles. The summed E-state index contributed by atoms with van der Waals surface area (Å²) in [5, 5.41) is 7.91. The van der Waals surface area contributed by atoms with Crippen molar-refractivity contribution in [3.8, 4) is 11.4 Å². The van der Waals surface area contributed by atoms with Gasteiger partial charge < -0.3 is 0 Å². The molecule has 4 heterocycles. The van der Waals surface area contributed by atoms with Gasteiger partial charge in [-0.05, 0) is 0 Å². The van der Waals surface area contributed by atoms with Gasteiger partial charge >= 0.3 is 175 Å². The maximum atomic E-state index is 11.0. The summed E-state index contributed by atoms with van der Waals surface area (Å²) in [4.78, 5) is 33.5. The van der Waals surface area contributed by atoms with Gasteiger partial charge in [-0.15, -0.1) is 0 Å². The molecule has 0 amide bonds. The molecule has 0 unspecified atom stereocenters. The van der Waals surface area contributed by atoms with E-state index in [4.69, 9.17) is 14.2 Å². The van der Waals surface area contributed by atoms with Crippen LogP contribution in [0.25, 0.3) is 22.3 Å². The molecule has 1 aliphatic heterocycles. The Hall–Kier alpha value is -2.16. The average Bonchev–Trinajstić information content (AvgIpc) is 3.26. The van der Waals surface area contributed by atoms with E-state index in [-0.39, 0.29) is 18.6 Å². The second-order valence-electron chi connectivity index (χ2n) is 7.98. The molecule has 0 saturated carbocycles. The average molecular weight is 433 g/mol. The van der Waals surface area contributed by atoms with Crippen molar-refractivity contribution < 1.29 is 19.0 Å². The van der Waals surface area contributed by atoms with Crippen LogP contribution in [-0.2, 0) is 9.26 Å². The Balaban J connectivity index is 1.91. The van der Waals surface area contributed by atoms with E-state index < -0.39 is 7.94 Å². The molecule has 1 atom stereocenters. The summed E-state index contributed by atoms with van der Waals surface area (Å²) in [6, 6.07) is 5.41. The van der Waals surface area contributed by atoms with Crippen LogP contribution in [0.5, 0.6) is 0 Å². The summed E-state index contributed by atoms with van der Waals surface area (Å²) in [5.74, 6) is 0.820. The van der Waals surface area contributed by atoms with Gasteiger partial charge in [0.15, 0.2) is 0 Å². The van der Waals surface area contributed by atoms with Gasteiger partial charge in [0.1, 0.15) is 0 Å². The van der Waals surface area contributed by atoms with Crippen molar-refractivity contribution in [2.45, 2.75) is 26.8 Å². The number of aromatic amines is 1. The zero-order valence-electron chi connectivity index (χ0n) is 17.4. The van der Waals surface area contributed by atoms with Crippen LogP contribution in [-0.4, -0.2) is 62.4 Å². The molecule has 3 aromatic rings. The van der Waals surface area contributed by atoms with Crippen molar-refractivity contribution in [1.29, 1.82) is 0 Å². The van der Waals surface area contributed by atoms with E-state index >= 15 is 0 Å². The first-order valence-electron chi connectivity index (χ1n) is 10.1. The third-order valence-corrected chi connectivity index (χ3v) is 6.79. The zero-order valence-corrected chi connectivity index (χ0v) is 18.4. The minimum absolute atomic E-state index is 0.105. The first-order chi connectivity index (χ1) is 14.4. The van der Waals surface area contributed by atoms with Crippen molar-refractivity contribution in [3.63, 3.8) is 0 Å². The van der Waals surface area contributed by atoms with Gasteiger partial charge in [0.25, 0.3) is 0 Å². The summed E-state index contributed by atoms with van der Waals surface area (Å²) in [6.07, 6.45) is 3.28. The van der Waals surface area contributed by atoms with Gasteiger partial charge in [-0.25, -0.2) is 0 Å². The topological polar surface area (TPSA) is 117 Å². The fourth-order valence-corrected chi connectivity index (χ4v) is 5.16. The molecule has 0 radical (unpaired) electrons. The molecule has 10 heteroatoms. The zero-order chi connectivity index (χ0) is 21.3. The van der Waals surface area contributed by atoms with Gasteiger partial charge in [0, 0.05) is 0 Å². The third kappa shape index (κ3) is 4.17. The predicted molar refractivity (Wildman–Crippen MR) is 118 cm³/mol. The minimum atomic E-state index is -4.18. The number of hydrogen-bond acceptors (Lipinski definition) is 8. The Kier molecular flexibility index (Phi) is 5.99. The van der Waals surface area contributed by atoms with Gasteiger partial charge in [0.05, 0.1) is 0 Å². The van der Waals surface area contributed by atoms with Crippen LogP contribution in [0, 0.1) is 5.92 Å². The normalized spacial score (nSPS) is 18.3. The van der Waals surface area contributed by atoms with Crippen LogP contribution < -0.4 is 10.2 Å². The maximum absolute atomic E-state index is 11.0. The van der Waals surface area contributed by atoms with Gasteiger partial charge in [0.2, 0.25) is 0 Å². The predicted octanol–water partition coefficient (Wildman–Crippen LogP) is 2.02. The molecule has 0 aliphatic carbocycles. The molecular formula is C20H28N5O4P. The van der Waals surface area contributed by atoms with Crippen molar-refractivity contribution in [2.75, 3.05) is 31.3 Å². The van der Waals surface area contributed by atoms with Crippen LogP contribution in [0.2, 0.25) is 0 Å². The molecule has 4 rings (SSSR count). The number of pyridine rings is 2. The van der Waals surface area contributed by atoms with Gasteiger partial charge in [-0.1, -0.05) is 0 Å². The van der Waals surface area contributed by atoms with Crippen molar-refractivity contribution in [3.05, 3.63) is 30.6 Å². The Morgan fingerprint density at radius 3 is 2.87 bits per heavy atom. The number of morpholine rings is 1. The molecule has 162 valence electrons. The van der Waals surface area contributed by atoms with Gasteiger partial charge in [-0.3, -0.25) is 0 Å². The Labute approximate surface area is 175 Å². The molecule has 9 nitrogen and oxygen atoms in total. The second kappa shape index (κ2) is 8.53. The second-order valence-corrected chi connectivity index (χ2v) is 10.0. The monoisotopic (exact) mass is 433 g/mol. The van der Waals surface area contributed by atoms with Crippen molar-refractivity contribution in [1.82, 2.24) is 20.2 Å². The Bertz CT molecular complexity index is 1010. The molecule has 1 aliphatic rings. The SMILES string of the molecule is CC(C)CO[PH](O)(O)c1cc(N2CCOC[C@H]2C)nc2c(-c3ccn[nH]3)nccc12. The standard InChI is InChI=1S/C20H28N5O4P/c1-13(2)11-29-30(26,27)17-10-18(25-8-9-28-12-14(25)3)23-19-15(17)4-6-21-20(19)16-5-7-22-24-16/h4-7,10,13-14,26-27,30H,8-9,11-12H2,1-3H3,(H,22,24)/t14-/m1/s1. The fourth-order valence-electron chi connectivity index (χ4n) is 3.57. The molecule has 0 aromatic carbocycles. The number of nitrogens with one attached hydrogen (secondary N) is 1. The van der Waals surface area contributed by atoms with Crippen molar-refractivity contribution in [2.24, 2.45) is 5.92 Å². The summed E-state index contributed by atoms with van der Waals surface area (Å²) in [6.45, 7) is 8.08. The third-order valence-electron chi connectivity index (χ3n) is 5.10.